The van der Waals surface area contributed by atoms with Crippen molar-refractivity contribution in [1.82, 2.24) is 5.32 Å². The first-order valence-corrected chi connectivity index (χ1v) is 8.30. The van der Waals surface area contributed by atoms with E-state index in [2.05, 4.69) is 15.5 Å². The minimum atomic E-state index is -0.461. The Kier molecular flexibility index (Phi) is 5.33. The number of hydrogen-bond acceptors (Lipinski definition) is 4. The van der Waals surface area contributed by atoms with E-state index in [1.165, 1.54) is 18.4 Å². The summed E-state index contributed by atoms with van der Waals surface area (Å²) in [6.07, 6.45) is 3.56. The Labute approximate surface area is 145 Å². The summed E-state index contributed by atoms with van der Waals surface area (Å²) in [4.78, 5) is 25.9. The van der Waals surface area contributed by atoms with Gasteiger partial charge in [0.2, 0.25) is 5.91 Å². The molecule has 2 heterocycles. The number of carbonyl (C=O) groups is 2. The number of anilines is 2. The molecule has 0 atom stereocenters. The van der Waals surface area contributed by atoms with E-state index in [0.717, 1.165) is 25.9 Å². The largest absolute Gasteiger partial charge is 0.459 e. The predicted octanol–water partition coefficient (Wildman–Crippen LogP) is 2.78. The van der Waals surface area contributed by atoms with Gasteiger partial charge >= 0.3 is 0 Å². The highest BCUT2D eigenvalue weighted by Gasteiger charge is 2.19. The first-order chi connectivity index (χ1) is 12.1. The van der Waals surface area contributed by atoms with Crippen LogP contribution < -0.4 is 15.5 Å². The monoisotopic (exact) mass is 345 g/mol. The number of nitrogens with zero attached hydrogens (tertiary/aromatic N) is 1. The van der Waals surface area contributed by atoms with Gasteiger partial charge in [0.1, 0.15) is 11.5 Å². The number of hydrogen-bond donors (Lipinski definition) is 2. The molecular formula is C18H20FN3O3. The van der Waals surface area contributed by atoms with Gasteiger partial charge in [0.15, 0.2) is 5.76 Å². The molecule has 132 valence electrons. The molecule has 0 saturated carbocycles. The second-order valence-corrected chi connectivity index (χ2v) is 5.86. The zero-order valence-corrected chi connectivity index (χ0v) is 13.8. The molecule has 1 saturated heterocycles. The van der Waals surface area contributed by atoms with Crippen LogP contribution in [-0.4, -0.2) is 31.4 Å². The minimum Gasteiger partial charge on any atom is -0.459 e. The van der Waals surface area contributed by atoms with Gasteiger partial charge in [0.25, 0.3) is 5.91 Å². The summed E-state index contributed by atoms with van der Waals surface area (Å²) in [5, 5.41) is 5.22. The van der Waals surface area contributed by atoms with E-state index in [9.17, 15) is 14.0 Å². The Morgan fingerprint density at radius 1 is 1.16 bits per heavy atom. The van der Waals surface area contributed by atoms with E-state index >= 15 is 0 Å². The Morgan fingerprint density at radius 2 is 1.96 bits per heavy atom. The van der Waals surface area contributed by atoms with Crippen molar-refractivity contribution in [3.8, 4) is 0 Å². The van der Waals surface area contributed by atoms with Crippen molar-refractivity contribution in [2.45, 2.75) is 19.3 Å². The van der Waals surface area contributed by atoms with Gasteiger partial charge in [-0.3, -0.25) is 9.59 Å². The second-order valence-electron chi connectivity index (χ2n) is 5.86. The lowest BCUT2D eigenvalue weighted by molar-refractivity contribution is -0.116. The van der Waals surface area contributed by atoms with E-state index in [4.69, 9.17) is 4.42 Å². The molecule has 1 aliphatic heterocycles. The van der Waals surface area contributed by atoms with E-state index in [1.54, 1.807) is 12.1 Å². The van der Waals surface area contributed by atoms with Crippen molar-refractivity contribution >= 4 is 23.2 Å². The number of para-hydroxylation sites is 1. The summed E-state index contributed by atoms with van der Waals surface area (Å²) < 4.78 is 19.1. The summed E-state index contributed by atoms with van der Waals surface area (Å²) in [5.41, 5.74) is 0.900. The molecule has 2 aromatic rings. The number of amides is 2. The first-order valence-electron chi connectivity index (χ1n) is 8.30. The lowest BCUT2D eigenvalue weighted by atomic mass is 10.2. The molecule has 1 aliphatic rings. The standard InChI is InChI=1S/C18H20FN3O3/c19-13-5-3-6-14(22-10-1-2-11-22)17(13)21-16(23)8-9-20-18(24)15-7-4-12-25-15/h3-7,12H,1-2,8-11H2,(H,20,24)(H,21,23). The molecule has 0 unspecified atom stereocenters. The molecule has 6 nitrogen and oxygen atoms in total. The topological polar surface area (TPSA) is 74.6 Å². The summed E-state index contributed by atoms with van der Waals surface area (Å²) in [6.45, 7) is 1.84. The van der Waals surface area contributed by atoms with E-state index in [-0.39, 0.29) is 36.2 Å². The zero-order chi connectivity index (χ0) is 17.6. The van der Waals surface area contributed by atoms with Crippen LogP contribution in [0, 0.1) is 5.82 Å². The second kappa shape index (κ2) is 7.83. The van der Waals surface area contributed by atoms with Crippen LogP contribution in [0.4, 0.5) is 15.8 Å². The number of rotatable bonds is 6. The summed E-state index contributed by atoms with van der Waals surface area (Å²) in [6, 6.07) is 7.93. The van der Waals surface area contributed by atoms with Gasteiger partial charge in [-0.05, 0) is 37.1 Å². The lowest BCUT2D eigenvalue weighted by Crippen LogP contribution is -2.28. The van der Waals surface area contributed by atoms with Crippen LogP contribution in [0.3, 0.4) is 0 Å². The summed E-state index contributed by atoms with van der Waals surface area (Å²) in [7, 11) is 0. The highest BCUT2D eigenvalue weighted by atomic mass is 19.1. The zero-order valence-electron chi connectivity index (χ0n) is 13.8. The maximum Gasteiger partial charge on any atom is 0.286 e. The van der Waals surface area contributed by atoms with Gasteiger partial charge in [-0.1, -0.05) is 6.07 Å². The fraction of sp³-hybridized carbons (Fsp3) is 0.333. The smallest absolute Gasteiger partial charge is 0.286 e. The van der Waals surface area contributed by atoms with Gasteiger partial charge in [-0.15, -0.1) is 0 Å². The van der Waals surface area contributed by atoms with Crippen molar-refractivity contribution in [1.29, 1.82) is 0 Å². The molecule has 1 fully saturated rings. The number of nitrogens with one attached hydrogen (secondary N) is 2. The SMILES string of the molecule is O=C(CCNC(=O)c1ccco1)Nc1c(F)cccc1N1CCCC1. The maximum absolute atomic E-state index is 14.2. The Morgan fingerprint density at radius 3 is 2.68 bits per heavy atom. The van der Waals surface area contributed by atoms with Crippen LogP contribution in [0.1, 0.15) is 29.8 Å². The van der Waals surface area contributed by atoms with Crippen molar-refractivity contribution in [2.75, 3.05) is 29.9 Å². The van der Waals surface area contributed by atoms with Crippen LogP contribution in [-0.2, 0) is 4.79 Å². The summed E-state index contributed by atoms with van der Waals surface area (Å²) in [5.74, 6) is -1.02. The third kappa shape index (κ3) is 4.17. The van der Waals surface area contributed by atoms with Crippen LogP contribution in [0.2, 0.25) is 0 Å². The van der Waals surface area contributed by atoms with Crippen LogP contribution >= 0.6 is 0 Å². The molecular weight excluding hydrogens is 325 g/mol. The third-order valence-corrected chi connectivity index (χ3v) is 4.09. The maximum atomic E-state index is 14.2. The molecule has 3 rings (SSSR count). The van der Waals surface area contributed by atoms with Crippen molar-refractivity contribution < 1.29 is 18.4 Å². The molecule has 1 aromatic heterocycles. The molecule has 1 aromatic carbocycles. The van der Waals surface area contributed by atoms with Crippen molar-refractivity contribution in [3.63, 3.8) is 0 Å². The quantitative estimate of drug-likeness (QED) is 0.844. The van der Waals surface area contributed by atoms with Crippen LogP contribution in [0.25, 0.3) is 0 Å². The average Bonchev–Trinajstić information content (AvgIpc) is 3.30. The van der Waals surface area contributed by atoms with Crippen molar-refractivity contribution in [3.05, 3.63) is 48.2 Å². The molecule has 0 bridgehead atoms. The van der Waals surface area contributed by atoms with E-state index < -0.39 is 5.82 Å². The number of halogens is 1. The third-order valence-electron chi connectivity index (χ3n) is 4.09. The summed E-state index contributed by atoms with van der Waals surface area (Å²) >= 11 is 0. The van der Waals surface area contributed by atoms with Gasteiger partial charge in [-0.2, -0.15) is 0 Å². The van der Waals surface area contributed by atoms with Gasteiger partial charge < -0.3 is 20.0 Å². The van der Waals surface area contributed by atoms with Crippen LogP contribution in [0.5, 0.6) is 0 Å². The van der Waals surface area contributed by atoms with Crippen molar-refractivity contribution in [2.24, 2.45) is 0 Å². The molecule has 25 heavy (non-hydrogen) atoms. The van der Waals surface area contributed by atoms with Crippen LogP contribution in [0.15, 0.2) is 41.0 Å². The van der Waals surface area contributed by atoms with Gasteiger partial charge in [-0.25, -0.2) is 4.39 Å². The molecule has 0 spiro atoms. The Bertz CT molecular complexity index is 740. The highest BCUT2D eigenvalue weighted by Crippen LogP contribution is 2.31. The Balaban J connectivity index is 1.56. The molecule has 0 radical (unpaired) electrons. The molecule has 2 N–H and O–H groups in total. The number of furan rings is 1. The molecule has 7 heteroatoms. The van der Waals surface area contributed by atoms with E-state index in [1.807, 2.05) is 6.07 Å². The average molecular weight is 345 g/mol. The fourth-order valence-corrected chi connectivity index (χ4v) is 2.84. The van der Waals surface area contributed by atoms with Gasteiger partial charge in [0.05, 0.1) is 12.0 Å². The highest BCUT2D eigenvalue weighted by molar-refractivity contribution is 5.95. The minimum absolute atomic E-state index is 0.0419. The molecule has 0 aliphatic carbocycles. The first kappa shape index (κ1) is 17.0. The molecule has 2 amide bonds. The number of carbonyl (C=O) groups excluding carboxylic acids is 2. The predicted molar refractivity (Wildman–Crippen MR) is 92.1 cm³/mol. The van der Waals surface area contributed by atoms with Gasteiger partial charge in [0, 0.05) is 26.1 Å². The lowest BCUT2D eigenvalue weighted by Gasteiger charge is -2.22. The fourth-order valence-electron chi connectivity index (χ4n) is 2.84. The normalized spacial score (nSPS) is 13.7. The number of benzene rings is 1. The Hall–Kier alpha value is -2.83. The van der Waals surface area contributed by atoms with E-state index in [0.29, 0.717) is 5.69 Å².